The van der Waals surface area contributed by atoms with Crippen molar-refractivity contribution in [2.45, 2.75) is 6.92 Å². The van der Waals surface area contributed by atoms with Crippen molar-refractivity contribution in [1.29, 1.82) is 5.26 Å². The molecular weight excluding hydrogens is 270 g/mol. The molecule has 0 amide bonds. The second kappa shape index (κ2) is 5.15. The van der Waals surface area contributed by atoms with Crippen LogP contribution >= 0.6 is 11.3 Å². The minimum atomic E-state index is 0.524. The van der Waals surface area contributed by atoms with E-state index in [2.05, 4.69) is 26.6 Å². The van der Waals surface area contributed by atoms with Crippen LogP contribution in [0.3, 0.4) is 0 Å². The van der Waals surface area contributed by atoms with E-state index < -0.39 is 0 Å². The first-order valence-electron chi connectivity index (χ1n) is 5.99. The fraction of sp³-hybridized carbons (Fsp3) is 0.0714. The van der Waals surface area contributed by atoms with Crippen LogP contribution in [-0.2, 0) is 0 Å². The molecule has 98 valence electrons. The Labute approximate surface area is 119 Å². The zero-order chi connectivity index (χ0) is 13.9. The molecule has 0 fully saturated rings. The first-order valence-corrected chi connectivity index (χ1v) is 6.86. The zero-order valence-electron chi connectivity index (χ0n) is 10.7. The highest BCUT2D eigenvalue weighted by atomic mass is 32.1. The van der Waals surface area contributed by atoms with Crippen LogP contribution in [0.2, 0.25) is 0 Å². The molecule has 0 atom stereocenters. The van der Waals surface area contributed by atoms with Gasteiger partial charge >= 0.3 is 0 Å². The van der Waals surface area contributed by atoms with Gasteiger partial charge in [-0.15, -0.1) is 11.3 Å². The number of nitriles is 1. The number of thiazole rings is 1. The van der Waals surface area contributed by atoms with Gasteiger partial charge in [0, 0.05) is 28.3 Å². The Morgan fingerprint density at radius 3 is 3.15 bits per heavy atom. The molecule has 3 rings (SSSR count). The normalized spacial score (nSPS) is 11.5. The number of fused-ring (bicyclic) bond motifs is 1. The third-order valence-corrected chi connectivity index (χ3v) is 3.79. The molecule has 0 spiro atoms. The fourth-order valence-electron chi connectivity index (χ4n) is 1.81. The maximum absolute atomic E-state index is 9.20. The van der Waals surface area contributed by atoms with Gasteiger partial charge in [0.05, 0.1) is 11.7 Å². The summed E-state index contributed by atoms with van der Waals surface area (Å²) in [7, 11) is 0. The summed E-state index contributed by atoms with van der Waals surface area (Å²) in [6.07, 6.45) is 3.44. The third kappa shape index (κ3) is 2.39. The minimum Gasteiger partial charge on any atom is -0.360 e. The van der Waals surface area contributed by atoms with Gasteiger partial charge in [0.2, 0.25) is 0 Å². The fourth-order valence-corrected chi connectivity index (χ4v) is 2.57. The standard InChI is InChI=1S/C14H11N5S/c1-9-8-20-14(18-9)11(5-15)6-16-12-2-3-13-10(4-12)7-17-19-13/h2-4,6-8,16H,1H3,(H,17,19)/b11-6+. The van der Waals surface area contributed by atoms with Crippen LogP contribution in [0.25, 0.3) is 16.5 Å². The van der Waals surface area contributed by atoms with Crippen molar-refractivity contribution in [3.8, 4) is 6.07 Å². The van der Waals surface area contributed by atoms with Gasteiger partial charge in [-0.1, -0.05) is 0 Å². The topological polar surface area (TPSA) is 77.4 Å². The Morgan fingerprint density at radius 2 is 2.40 bits per heavy atom. The number of rotatable bonds is 3. The van der Waals surface area contributed by atoms with Gasteiger partial charge < -0.3 is 5.32 Å². The van der Waals surface area contributed by atoms with E-state index in [0.717, 1.165) is 27.3 Å². The number of nitrogens with one attached hydrogen (secondary N) is 2. The van der Waals surface area contributed by atoms with Gasteiger partial charge in [0.15, 0.2) is 0 Å². The lowest BCUT2D eigenvalue weighted by atomic mass is 10.2. The quantitative estimate of drug-likeness (QED) is 0.722. The number of allylic oxidation sites excluding steroid dienone is 1. The van der Waals surface area contributed by atoms with E-state index in [9.17, 15) is 5.26 Å². The van der Waals surface area contributed by atoms with Crippen LogP contribution < -0.4 is 5.32 Å². The van der Waals surface area contributed by atoms with Crippen molar-refractivity contribution in [3.05, 3.63) is 46.7 Å². The summed E-state index contributed by atoms with van der Waals surface area (Å²) in [5.74, 6) is 0. The van der Waals surface area contributed by atoms with Gasteiger partial charge in [0.25, 0.3) is 0 Å². The lowest BCUT2D eigenvalue weighted by Crippen LogP contribution is -1.90. The van der Waals surface area contributed by atoms with Crippen LogP contribution in [0.1, 0.15) is 10.7 Å². The second-order valence-corrected chi connectivity index (χ2v) is 5.14. The summed E-state index contributed by atoms with van der Waals surface area (Å²) in [4.78, 5) is 4.31. The van der Waals surface area contributed by atoms with Gasteiger partial charge in [-0.05, 0) is 25.1 Å². The highest BCUT2D eigenvalue weighted by Crippen LogP contribution is 2.20. The van der Waals surface area contributed by atoms with E-state index in [1.807, 2.05) is 30.5 Å². The van der Waals surface area contributed by atoms with Crippen LogP contribution in [0.4, 0.5) is 5.69 Å². The summed E-state index contributed by atoms with van der Waals surface area (Å²) in [6, 6.07) is 8.00. The number of hydrogen-bond donors (Lipinski definition) is 2. The van der Waals surface area contributed by atoms with E-state index in [0.29, 0.717) is 5.57 Å². The largest absolute Gasteiger partial charge is 0.360 e. The lowest BCUT2D eigenvalue weighted by Gasteiger charge is -2.01. The number of nitrogens with zero attached hydrogens (tertiary/aromatic N) is 3. The number of aryl methyl sites for hydroxylation is 1. The Balaban J connectivity index is 1.86. The van der Waals surface area contributed by atoms with Gasteiger partial charge in [-0.25, -0.2) is 4.98 Å². The number of benzene rings is 1. The van der Waals surface area contributed by atoms with Gasteiger partial charge in [0.1, 0.15) is 16.6 Å². The molecule has 0 saturated carbocycles. The van der Waals surface area contributed by atoms with Crippen molar-refractivity contribution in [1.82, 2.24) is 15.2 Å². The van der Waals surface area contributed by atoms with Crippen LogP contribution in [0.5, 0.6) is 0 Å². The number of hydrogen-bond acceptors (Lipinski definition) is 5. The van der Waals surface area contributed by atoms with E-state index in [-0.39, 0.29) is 0 Å². The van der Waals surface area contributed by atoms with Crippen LogP contribution in [0.15, 0.2) is 36.0 Å². The summed E-state index contributed by atoms with van der Waals surface area (Å²) >= 11 is 1.46. The van der Waals surface area contributed by atoms with Crippen molar-refractivity contribution in [2.24, 2.45) is 0 Å². The minimum absolute atomic E-state index is 0.524. The molecule has 0 radical (unpaired) electrons. The summed E-state index contributed by atoms with van der Waals surface area (Å²) < 4.78 is 0. The summed E-state index contributed by atoms with van der Waals surface area (Å²) in [5, 5.41) is 22.9. The number of aromatic nitrogens is 3. The molecule has 3 aromatic rings. The molecular formula is C14H11N5S. The zero-order valence-corrected chi connectivity index (χ0v) is 11.5. The Hall–Kier alpha value is -2.65. The van der Waals surface area contributed by atoms with E-state index in [4.69, 9.17) is 0 Å². The maximum Gasteiger partial charge on any atom is 0.135 e. The molecule has 20 heavy (non-hydrogen) atoms. The van der Waals surface area contributed by atoms with Crippen molar-refractivity contribution < 1.29 is 0 Å². The molecule has 2 N–H and O–H groups in total. The molecule has 2 heterocycles. The maximum atomic E-state index is 9.20. The van der Waals surface area contributed by atoms with Crippen molar-refractivity contribution in [3.63, 3.8) is 0 Å². The predicted octanol–water partition coefficient (Wildman–Crippen LogP) is 3.30. The molecule has 6 heteroatoms. The van der Waals surface area contributed by atoms with Crippen molar-refractivity contribution in [2.75, 3.05) is 5.32 Å². The Kier molecular flexibility index (Phi) is 3.19. The molecule has 0 unspecified atom stereocenters. The molecule has 0 bridgehead atoms. The molecule has 0 saturated heterocycles. The number of aromatic amines is 1. The van der Waals surface area contributed by atoms with Crippen LogP contribution in [0, 0.1) is 18.3 Å². The molecule has 0 aliphatic rings. The first-order chi connectivity index (χ1) is 9.76. The van der Waals surface area contributed by atoms with E-state index in [1.54, 1.807) is 12.4 Å². The van der Waals surface area contributed by atoms with Crippen LogP contribution in [-0.4, -0.2) is 15.2 Å². The smallest absolute Gasteiger partial charge is 0.135 e. The molecule has 1 aromatic carbocycles. The second-order valence-electron chi connectivity index (χ2n) is 4.28. The van der Waals surface area contributed by atoms with Crippen molar-refractivity contribution >= 4 is 33.5 Å². The van der Waals surface area contributed by atoms with E-state index >= 15 is 0 Å². The third-order valence-electron chi connectivity index (χ3n) is 2.79. The molecule has 2 aromatic heterocycles. The van der Waals surface area contributed by atoms with Gasteiger partial charge in [-0.2, -0.15) is 10.4 Å². The Bertz CT molecular complexity index is 821. The summed E-state index contributed by atoms with van der Waals surface area (Å²) in [5.41, 5.74) is 3.33. The average Bonchev–Trinajstić information content (AvgIpc) is 3.08. The SMILES string of the molecule is Cc1csc(/C(C#N)=C/Nc2ccc3[nH]ncc3c2)n1. The lowest BCUT2D eigenvalue weighted by molar-refractivity contribution is 1.12. The molecule has 0 aliphatic heterocycles. The van der Waals surface area contributed by atoms with E-state index in [1.165, 1.54) is 11.3 Å². The first kappa shape index (κ1) is 12.4. The van der Waals surface area contributed by atoms with Gasteiger partial charge in [-0.3, -0.25) is 5.10 Å². The summed E-state index contributed by atoms with van der Waals surface area (Å²) in [6.45, 7) is 1.91. The monoisotopic (exact) mass is 281 g/mol. The number of H-pyrrole nitrogens is 1. The highest BCUT2D eigenvalue weighted by molar-refractivity contribution is 7.10. The number of anilines is 1. The Morgan fingerprint density at radius 1 is 1.50 bits per heavy atom. The molecule has 0 aliphatic carbocycles. The molecule has 5 nitrogen and oxygen atoms in total. The highest BCUT2D eigenvalue weighted by Gasteiger charge is 2.05. The average molecular weight is 281 g/mol. The predicted molar refractivity (Wildman–Crippen MR) is 80.2 cm³/mol.